The van der Waals surface area contributed by atoms with Crippen molar-refractivity contribution < 1.29 is 33.9 Å². The van der Waals surface area contributed by atoms with Crippen molar-refractivity contribution in [1.29, 1.82) is 0 Å². The molecule has 3 rings (SSSR count). The summed E-state index contributed by atoms with van der Waals surface area (Å²) in [6, 6.07) is 12.8. The van der Waals surface area contributed by atoms with Crippen LogP contribution in [0.2, 0.25) is 0 Å². The lowest BCUT2D eigenvalue weighted by Crippen LogP contribution is -2.58. The van der Waals surface area contributed by atoms with E-state index in [0.29, 0.717) is 58.0 Å². The van der Waals surface area contributed by atoms with Crippen LogP contribution in [0, 0.1) is 5.92 Å². The highest BCUT2D eigenvalue weighted by Gasteiger charge is 2.38. The highest BCUT2D eigenvalue weighted by atomic mass is 16.4. The van der Waals surface area contributed by atoms with Gasteiger partial charge in [-0.05, 0) is 62.1 Å². The molecule has 1 aliphatic heterocycles. The van der Waals surface area contributed by atoms with Gasteiger partial charge in [0, 0.05) is 19.4 Å². The molecule has 0 spiro atoms. The third kappa shape index (κ3) is 15.9. The van der Waals surface area contributed by atoms with Crippen LogP contribution in [0.3, 0.4) is 0 Å². The van der Waals surface area contributed by atoms with Gasteiger partial charge in [0.2, 0.25) is 29.5 Å². The predicted molar refractivity (Wildman–Crippen MR) is 218 cm³/mol. The molecule has 0 aliphatic carbocycles. The molecule has 2 aromatic rings. The smallest absolute Gasteiger partial charge is 0.326 e. The molecule has 15 heteroatoms. The fourth-order valence-corrected chi connectivity index (χ4v) is 6.88. The van der Waals surface area contributed by atoms with Crippen molar-refractivity contribution in [2.24, 2.45) is 17.4 Å². The van der Waals surface area contributed by atoms with Gasteiger partial charge in [-0.1, -0.05) is 101 Å². The van der Waals surface area contributed by atoms with E-state index in [0.717, 1.165) is 24.0 Å². The molecule has 0 radical (unpaired) electrons. The van der Waals surface area contributed by atoms with Crippen LogP contribution < -0.4 is 38.1 Å². The first kappa shape index (κ1) is 46.5. The number of carbonyl (C=O) groups excluding carboxylic acids is 5. The normalized spacial score (nSPS) is 16.5. The third-order valence-corrected chi connectivity index (χ3v) is 10.1. The van der Waals surface area contributed by atoms with Crippen LogP contribution in [-0.4, -0.2) is 102 Å². The second-order valence-electron chi connectivity index (χ2n) is 15.2. The molecular formula is C42H64N8O7. The highest BCUT2D eigenvalue weighted by molar-refractivity contribution is 5.94. The number of nitrogens with one attached hydrogen (secondary N) is 5. The number of benzene rings is 2. The van der Waals surface area contributed by atoms with Crippen LogP contribution in [0.5, 0.6) is 0 Å². The van der Waals surface area contributed by atoms with Gasteiger partial charge in [0.05, 0.1) is 18.8 Å². The van der Waals surface area contributed by atoms with Gasteiger partial charge in [-0.3, -0.25) is 29.3 Å². The first-order chi connectivity index (χ1) is 27.3. The quantitative estimate of drug-likeness (QED) is 0.0535. The first-order valence-electron chi connectivity index (χ1n) is 20.3. The minimum Gasteiger partial charge on any atom is -0.480 e. The largest absolute Gasteiger partial charge is 0.480 e. The van der Waals surface area contributed by atoms with Crippen LogP contribution >= 0.6 is 0 Å². The SMILES string of the molecule is CCCC[C@H](N)C(=O)N[C@@H](Cc1ccccc1)C(=O)N[C@@H](CC(C)C)C(=O)NCN[C@@H](CCCCN)C(=O)N1CCC[C@H]1C(=O)N[C@@H](Cc1ccccc1)C(=O)O. The molecule has 0 saturated carbocycles. The zero-order valence-electron chi connectivity index (χ0n) is 33.7. The van der Waals surface area contributed by atoms with E-state index < -0.39 is 65.8 Å². The number of hydrogen-bond acceptors (Lipinski definition) is 9. The number of aliphatic carboxylic acids is 1. The summed E-state index contributed by atoms with van der Waals surface area (Å²) in [6.45, 7) is 6.50. The lowest BCUT2D eigenvalue weighted by atomic mass is 10.0. The highest BCUT2D eigenvalue weighted by Crippen LogP contribution is 2.21. The molecule has 0 unspecified atom stereocenters. The Labute approximate surface area is 336 Å². The monoisotopic (exact) mass is 792 g/mol. The van der Waals surface area contributed by atoms with Crippen molar-refractivity contribution in [3.05, 3.63) is 71.8 Å². The van der Waals surface area contributed by atoms with Gasteiger partial charge >= 0.3 is 5.97 Å². The zero-order valence-corrected chi connectivity index (χ0v) is 33.7. The average molecular weight is 793 g/mol. The Bertz CT molecular complexity index is 1580. The number of unbranched alkanes of at least 4 members (excludes halogenated alkanes) is 2. The topological polar surface area (TPSA) is 238 Å². The van der Waals surface area contributed by atoms with Crippen LogP contribution in [0.25, 0.3) is 0 Å². The molecule has 0 aromatic heterocycles. The predicted octanol–water partition coefficient (Wildman–Crippen LogP) is 1.73. The Morgan fingerprint density at radius 3 is 1.96 bits per heavy atom. The molecule has 10 N–H and O–H groups in total. The van der Waals surface area contributed by atoms with Crippen molar-refractivity contribution in [1.82, 2.24) is 31.5 Å². The molecule has 1 aliphatic rings. The fourth-order valence-electron chi connectivity index (χ4n) is 6.88. The Kier molecular flexibility index (Phi) is 20.2. The van der Waals surface area contributed by atoms with Crippen molar-refractivity contribution in [2.75, 3.05) is 19.8 Å². The van der Waals surface area contributed by atoms with Gasteiger partial charge < -0.3 is 42.7 Å². The van der Waals surface area contributed by atoms with Crippen molar-refractivity contribution >= 4 is 35.5 Å². The van der Waals surface area contributed by atoms with Crippen molar-refractivity contribution in [3.63, 3.8) is 0 Å². The molecule has 15 nitrogen and oxygen atoms in total. The first-order valence-corrected chi connectivity index (χ1v) is 20.3. The van der Waals surface area contributed by atoms with E-state index >= 15 is 0 Å². The summed E-state index contributed by atoms with van der Waals surface area (Å²) in [4.78, 5) is 81.5. The molecule has 57 heavy (non-hydrogen) atoms. The number of nitrogens with two attached hydrogens (primary N) is 2. The number of carbonyl (C=O) groups is 6. The lowest BCUT2D eigenvalue weighted by Gasteiger charge is -2.30. The molecule has 2 aromatic carbocycles. The molecular weight excluding hydrogens is 729 g/mol. The fraction of sp³-hybridized carbons (Fsp3) is 0.571. The minimum atomic E-state index is -1.17. The number of nitrogens with zero attached hydrogens (tertiary/aromatic N) is 1. The van der Waals surface area contributed by atoms with E-state index in [9.17, 15) is 33.9 Å². The Hall–Kier alpha value is -4.86. The number of likely N-dealkylation sites (tertiary alicyclic amines) is 1. The number of amides is 5. The van der Waals surface area contributed by atoms with Crippen LogP contribution in [0.15, 0.2) is 60.7 Å². The summed E-state index contributed by atoms with van der Waals surface area (Å²) in [5.41, 5.74) is 13.5. The van der Waals surface area contributed by atoms with E-state index in [4.69, 9.17) is 11.5 Å². The van der Waals surface area contributed by atoms with Gasteiger partial charge in [0.15, 0.2) is 0 Å². The summed E-state index contributed by atoms with van der Waals surface area (Å²) in [7, 11) is 0. The standard InChI is InChI=1S/C42H64N8O7/c1-4-5-19-31(44)37(51)47-34(25-29-15-8-6-9-16-29)39(53)48-33(24-28(2)3)38(52)46-27-45-32(20-12-13-22-43)41(55)50-23-14-21-36(50)40(54)49-35(42(56)57)26-30-17-10-7-11-18-30/h6-11,15-18,28,31-36,45H,4-5,12-14,19-27,43-44H2,1-3H3,(H,46,52)(H,47,51)(H,48,53)(H,49,54)(H,56,57)/t31-,32-,33-,34-,35-,36-/m0/s1. The van der Waals surface area contributed by atoms with E-state index in [2.05, 4.69) is 26.6 Å². The minimum absolute atomic E-state index is 0.0240. The maximum Gasteiger partial charge on any atom is 0.326 e. The number of carboxylic acids is 1. The summed E-state index contributed by atoms with van der Waals surface area (Å²) in [5.74, 6) is -3.45. The summed E-state index contributed by atoms with van der Waals surface area (Å²) in [5, 5.41) is 24.1. The third-order valence-electron chi connectivity index (χ3n) is 10.1. The van der Waals surface area contributed by atoms with E-state index in [-0.39, 0.29) is 31.3 Å². The number of hydrogen-bond donors (Lipinski definition) is 8. The Morgan fingerprint density at radius 2 is 1.39 bits per heavy atom. The molecule has 1 fully saturated rings. The van der Waals surface area contributed by atoms with Crippen LogP contribution in [0.1, 0.15) is 89.7 Å². The van der Waals surface area contributed by atoms with Crippen LogP contribution in [0.4, 0.5) is 0 Å². The average Bonchev–Trinajstić information content (AvgIpc) is 3.69. The molecule has 1 heterocycles. The summed E-state index contributed by atoms with van der Waals surface area (Å²) in [6.07, 6.45) is 5.34. The molecule has 0 bridgehead atoms. The second-order valence-corrected chi connectivity index (χ2v) is 15.2. The maximum atomic E-state index is 14.0. The van der Waals surface area contributed by atoms with Gasteiger partial charge in [0.25, 0.3) is 0 Å². The molecule has 5 amide bonds. The number of carboxylic acid groups (broad SMARTS) is 1. The van der Waals surface area contributed by atoms with Gasteiger partial charge in [-0.2, -0.15) is 0 Å². The molecule has 6 atom stereocenters. The van der Waals surface area contributed by atoms with Gasteiger partial charge in [0.1, 0.15) is 24.2 Å². The van der Waals surface area contributed by atoms with Crippen molar-refractivity contribution in [2.45, 2.75) is 128 Å². The lowest BCUT2D eigenvalue weighted by molar-refractivity contribution is -0.144. The van der Waals surface area contributed by atoms with Gasteiger partial charge in [-0.15, -0.1) is 0 Å². The van der Waals surface area contributed by atoms with Crippen LogP contribution in [-0.2, 0) is 41.6 Å². The van der Waals surface area contributed by atoms with E-state index in [1.165, 1.54) is 4.90 Å². The summed E-state index contributed by atoms with van der Waals surface area (Å²) >= 11 is 0. The molecule has 1 saturated heterocycles. The summed E-state index contributed by atoms with van der Waals surface area (Å²) < 4.78 is 0. The maximum absolute atomic E-state index is 14.0. The zero-order chi connectivity index (χ0) is 41.7. The van der Waals surface area contributed by atoms with Gasteiger partial charge in [-0.25, -0.2) is 4.79 Å². The molecule has 314 valence electrons. The number of rotatable bonds is 25. The van der Waals surface area contributed by atoms with E-state index in [1.54, 1.807) is 24.3 Å². The second kappa shape index (κ2) is 24.7. The Balaban J connectivity index is 1.69. The van der Waals surface area contributed by atoms with E-state index in [1.807, 2.05) is 57.2 Å². The Morgan fingerprint density at radius 1 is 0.772 bits per heavy atom. The van der Waals surface area contributed by atoms with Crippen molar-refractivity contribution in [3.8, 4) is 0 Å².